The van der Waals surface area contributed by atoms with E-state index in [4.69, 9.17) is 9.47 Å². The van der Waals surface area contributed by atoms with Crippen LogP contribution >= 0.6 is 0 Å². The third kappa shape index (κ3) is 5.79. The number of anilines is 1. The number of methoxy groups -OCH3 is 2. The normalized spacial score (nSPS) is 10.8. The molecule has 0 radical (unpaired) electrons. The van der Waals surface area contributed by atoms with Gasteiger partial charge >= 0.3 is 12.3 Å². The summed E-state index contributed by atoms with van der Waals surface area (Å²) < 4.78 is 56.2. The summed E-state index contributed by atoms with van der Waals surface area (Å²) in [6, 6.07) is 9.19. The number of carbonyl (C=O) groups is 2. The molecular formula is C18H16F3NO6. The Labute approximate surface area is 158 Å². The highest BCUT2D eigenvalue weighted by Crippen LogP contribution is 2.32. The molecule has 0 saturated carbocycles. The van der Waals surface area contributed by atoms with Crippen molar-refractivity contribution in [1.82, 2.24) is 0 Å². The predicted octanol–water partition coefficient (Wildman–Crippen LogP) is 3.40. The van der Waals surface area contributed by atoms with Gasteiger partial charge in [-0.15, -0.1) is 13.2 Å². The van der Waals surface area contributed by atoms with E-state index in [1.165, 1.54) is 50.6 Å². The first-order valence-corrected chi connectivity index (χ1v) is 7.77. The lowest BCUT2D eigenvalue weighted by atomic mass is 10.1. The summed E-state index contributed by atoms with van der Waals surface area (Å²) in [5.41, 5.74) is -0.111. The summed E-state index contributed by atoms with van der Waals surface area (Å²) >= 11 is 0. The van der Waals surface area contributed by atoms with Crippen LogP contribution in [0.4, 0.5) is 18.9 Å². The third-order valence-corrected chi connectivity index (χ3v) is 3.36. The molecule has 7 nitrogen and oxygen atoms in total. The first-order chi connectivity index (χ1) is 13.2. The molecule has 0 aromatic heterocycles. The van der Waals surface area contributed by atoms with Crippen LogP contribution in [-0.2, 0) is 9.53 Å². The number of benzene rings is 2. The highest BCUT2D eigenvalue weighted by molar-refractivity contribution is 6.05. The highest BCUT2D eigenvalue weighted by Gasteiger charge is 2.32. The number of hydrogen-bond acceptors (Lipinski definition) is 6. The summed E-state index contributed by atoms with van der Waals surface area (Å²) in [6.07, 6.45) is -4.91. The van der Waals surface area contributed by atoms with E-state index in [9.17, 15) is 22.8 Å². The van der Waals surface area contributed by atoms with Crippen LogP contribution in [0.25, 0.3) is 0 Å². The van der Waals surface area contributed by atoms with Gasteiger partial charge < -0.3 is 24.3 Å². The van der Waals surface area contributed by atoms with Gasteiger partial charge in [-0.25, -0.2) is 4.79 Å². The van der Waals surface area contributed by atoms with Gasteiger partial charge in [-0.1, -0.05) is 12.1 Å². The van der Waals surface area contributed by atoms with Crippen molar-refractivity contribution in [2.24, 2.45) is 0 Å². The number of para-hydroxylation sites is 2. The van der Waals surface area contributed by atoms with E-state index in [0.717, 1.165) is 6.07 Å². The van der Waals surface area contributed by atoms with E-state index in [1.807, 2.05) is 0 Å². The molecule has 0 fully saturated rings. The first-order valence-electron chi connectivity index (χ1n) is 7.77. The molecule has 0 aliphatic heterocycles. The number of carbonyl (C=O) groups excluding carboxylic acids is 2. The fourth-order valence-electron chi connectivity index (χ4n) is 2.10. The van der Waals surface area contributed by atoms with Crippen LogP contribution < -0.4 is 19.5 Å². The van der Waals surface area contributed by atoms with Crippen molar-refractivity contribution in [3.8, 4) is 17.2 Å². The van der Waals surface area contributed by atoms with Crippen molar-refractivity contribution in [1.29, 1.82) is 0 Å². The van der Waals surface area contributed by atoms with Gasteiger partial charge in [0.2, 0.25) is 0 Å². The molecule has 0 aliphatic carbocycles. The van der Waals surface area contributed by atoms with Crippen molar-refractivity contribution in [2.45, 2.75) is 6.36 Å². The van der Waals surface area contributed by atoms with E-state index in [-0.39, 0.29) is 22.7 Å². The lowest BCUT2D eigenvalue weighted by Gasteiger charge is -2.15. The van der Waals surface area contributed by atoms with Crippen LogP contribution in [-0.4, -0.2) is 39.1 Å². The maximum Gasteiger partial charge on any atom is 0.573 e. The third-order valence-electron chi connectivity index (χ3n) is 3.36. The van der Waals surface area contributed by atoms with Crippen molar-refractivity contribution >= 4 is 17.6 Å². The van der Waals surface area contributed by atoms with Gasteiger partial charge in [-0.2, -0.15) is 0 Å². The van der Waals surface area contributed by atoms with E-state index < -0.39 is 30.6 Å². The molecule has 0 bridgehead atoms. The van der Waals surface area contributed by atoms with Gasteiger partial charge in [0, 0.05) is 5.56 Å². The van der Waals surface area contributed by atoms with Gasteiger partial charge in [0.25, 0.3) is 5.91 Å². The lowest BCUT2D eigenvalue weighted by molar-refractivity contribution is -0.274. The molecule has 0 unspecified atom stereocenters. The van der Waals surface area contributed by atoms with E-state index in [2.05, 4.69) is 14.8 Å². The number of ether oxygens (including phenoxy) is 4. The SMILES string of the molecule is COC(=O)COc1cc(C(=O)Nc2ccccc2OC(F)(F)F)ccc1OC. The summed E-state index contributed by atoms with van der Waals surface area (Å²) in [7, 11) is 2.55. The smallest absolute Gasteiger partial charge is 0.493 e. The van der Waals surface area contributed by atoms with Crippen molar-refractivity contribution in [2.75, 3.05) is 26.1 Å². The Morgan fingerprint density at radius 3 is 2.36 bits per heavy atom. The average Bonchev–Trinajstić information content (AvgIpc) is 2.66. The van der Waals surface area contributed by atoms with Crippen LogP contribution in [0.15, 0.2) is 42.5 Å². The molecule has 10 heteroatoms. The van der Waals surface area contributed by atoms with Crippen LogP contribution in [0.2, 0.25) is 0 Å². The molecule has 28 heavy (non-hydrogen) atoms. The number of amides is 1. The fraction of sp³-hybridized carbons (Fsp3) is 0.222. The number of alkyl halides is 3. The largest absolute Gasteiger partial charge is 0.573 e. The molecule has 2 aromatic carbocycles. The van der Waals surface area contributed by atoms with E-state index >= 15 is 0 Å². The quantitative estimate of drug-likeness (QED) is 0.719. The zero-order valence-corrected chi connectivity index (χ0v) is 14.8. The first kappa shape index (κ1) is 20.9. The molecule has 0 aliphatic rings. The molecule has 150 valence electrons. The second kappa shape index (κ2) is 8.98. The summed E-state index contributed by atoms with van der Waals surface area (Å²) in [4.78, 5) is 23.7. The Morgan fingerprint density at radius 2 is 1.71 bits per heavy atom. The number of nitrogens with one attached hydrogen (secondary N) is 1. The van der Waals surface area contributed by atoms with Gasteiger partial charge in [0.05, 0.1) is 19.9 Å². The van der Waals surface area contributed by atoms with Gasteiger partial charge in [0.1, 0.15) is 0 Å². The molecule has 1 amide bonds. The number of esters is 1. The maximum absolute atomic E-state index is 12.5. The van der Waals surface area contributed by atoms with Crippen molar-refractivity contribution < 1.29 is 41.7 Å². The summed E-state index contributed by atoms with van der Waals surface area (Å²) in [5, 5.41) is 2.34. The maximum atomic E-state index is 12.5. The number of halogens is 3. The zero-order chi connectivity index (χ0) is 20.7. The molecule has 1 N–H and O–H groups in total. The Morgan fingerprint density at radius 1 is 1.00 bits per heavy atom. The minimum absolute atomic E-state index is 0.0578. The lowest BCUT2D eigenvalue weighted by Crippen LogP contribution is -2.19. The van der Waals surface area contributed by atoms with Gasteiger partial charge in [0.15, 0.2) is 23.9 Å². The standard InChI is InChI=1S/C18H16F3NO6/c1-25-14-8-7-11(9-15(14)27-10-16(23)26-2)17(24)22-12-5-3-4-6-13(12)28-18(19,20)21/h3-9H,10H2,1-2H3,(H,22,24). The van der Waals surface area contributed by atoms with Crippen LogP contribution in [0.1, 0.15) is 10.4 Å². The second-order valence-corrected chi connectivity index (χ2v) is 5.23. The van der Waals surface area contributed by atoms with Crippen LogP contribution in [0.3, 0.4) is 0 Å². The summed E-state index contributed by atoms with van der Waals surface area (Å²) in [5.74, 6) is -1.58. The topological polar surface area (TPSA) is 83.1 Å². The monoisotopic (exact) mass is 399 g/mol. The Hall–Kier alpha value is -3.43. The Bertz CT molecular complexity index is 853. The van der Waals surface area contributed by atoms with Gasteiger partial charge in [-0.3, -0.25) is 4.79 Å². The minimum Gasteiger partial charge on any atom is -0.493 e. The average molecular weight is 399 g/mol. The highest BCUT2D eigenvalue weighted by atomic mass is 19.4. The molecule has 2 rings (SSSR count). The molecular weight excluding hydrogens is 383 g/mol. The van der Waals surface area contributed by atoms with E-state index in [0.29, 0.717) is 0 Å². The molecule has 0 atom stereocenters. The second-order valence-electron chi connectivity index (χ2n) is 5.23. The zero-order valence-electron chi connectivity index (χ0n) is 14.8. The molecule has 2 aromatic rings. The van der Waals surface area contributed by atoms with Crippen molar-refractivity contribution in [3.05, 3.63) is 48.0 Å². The molecule has 0 heterocycles. The molecule has 0 spiro atoms. The number of rotatable bonds is 7. The van der Waals surface area contributed by atoms with Gasteiger partial charge in [-0.05, 0) is 30.3 Å². The van der Waals surface area contributed by atoms with Crippen LogP contribution in [0.5, 0.6) is 17.2 Å². The van der Waals surface area contributed by atoms with Crippen molar-refractivity contribution in [3.63, 3.8) is 0 Å². The van der Waals surface area contributed by atoms with Crippen LogP contribution in [0, 0.1) is 0 Å². The predicted molar refractivity (Wildman–Crippen MR) is 91.6 cm³/mol. The molecule has 0 saturated heterocycles. The summed E-state index contributed by atoms with van der Waals surface area (Å²) in [6.45, 7) is -0.416. The Kier molecular flexibility index (Phi) is 6.69. The van der Waals surface area contributed by atoms with E-state index in [1.54, 1.807) is 0 Å². The number of hydrogen-bond donors (Lipinski definition) is 1. The fourth-order valence-corrected chi connectivity index (χ4v) is 2.10. The minimum atomic E-state index is -4.91. The Balaban J connectivity index is 2.22.